The fourth-order valence-corrected chi connectivity index (χ4v) is 4.34. The summed E-state index contributed by atoms with van der Waals surface area (Å²) in [7, 11) is 0. The number of aldehydes is 1. The third-order valence-electron chi connectivity index (χ3n) is 6.08. The number of hydrogen-bond acceptors (Lipinski definition) is 5. The predicted molar refractivity (Wildman–Crippen MR) is 122 cm³/mol. The van der Waals surface area contributed by atoms with Crippen LogP contribution in [-0.2, 0) is 14.9 Å². The van der Waals surface area contributed by atoms with Crippen molar-refractivity contribution < 1.29 is 9.53 Å². The van der Waals surface area contributed by atoms with Gasteiger partial charge in [0.15, 0.2) is 0 Å². The Balaban J connectivity index is 1.73. The number of anilines is 3. The number of aromatic nitrogens is 1. The minimum Gasteiger partial charge on any atom is -0.381 e. The summed E-state index contributed by atoms with van der Waals surface area (Å²) in [5, 5.41) is 4.11. The molecule has 1 N–H and O–H groups in total. The van der Waals surface area contributed by atoms with Gasteiger partial charge in [0.25, 0.3) is 0 Å². The summed E-state index contributed by atoms with van der Waals surface area (Å²) in [6, 6.07) is 10.6. The van der Waals surface area contributed by atoms with Crippen LogP contribution in [0.1, 0.15) is 45.1 Å². The van der Waals surface area contributed by atoms with Gasteiger partial charge in [0.05, 0.1) is 21.8 Å². The Morgan fingerprint density at radius 1 is 1.27 bits per heavy atom. The topological polar surface area (TPSA) is 54.5 Å². The summed E-state index contributed by atoms with van der Waals surface area (Å²) in [4.78, 5) is 18.7. The number of hydrogen-bond donors (Lipinski definition) is 1. The molecule has 2 heterocycles. The fraction of sp³-hybridized carbons (Fsp3) is 0.500. The van der Waals surface area contributed by atoms with E-state index >= 15 is 0 Å². The molecule has 2 aromatic rings. The van der Waals surface area contributed by atoms with Gasteiger partial charge in [-0.05, 0) is 61.4 Å². The number of carbonyl (C=O) groups is 1. The standard InChI is InChI=1S/C24H30ClN3O2/c1-17(2)15-28(20-7-11-30-12-8-20)22-5-3-18(24(16-29)9-10-24)13-21(22)27-23-6-4-19(25)14-26-23/h3-6,13-14,16-17,20H,7-12,15H2,1-2H3,(H,26,27). The molecule has 6 heteroatoms. The van der Waals surface area contributed by atoms with E-state index in [9.17, 15) is 4.79 Å². The van der Waals surface area contributed by atoms with Crippen LogP contribution in [0.5, 0.6) is 0 Å². The van der Waals surface area contributed by atoms with Crippen LogP contribution in [0, 0.1) is 5.92 Å². The number of nitrogens with zero attached hydrogens (tertiary/aromatic N) is 2. The molecule has 0 spiro atoms. The van der Waals surface area contributed by atoms with E-state index in [1.165, 1.54) is 0 Å². The first-order valence-corrected chi connectivity index (χ1v) is 11.2. The first-order valence-electron chi connectivity index (χ1n) is 10.8. The van der Waals surface area contributed by atoms with E-state index in [-0.39, 0.29) is 5.41 Å². The lowest BCUT2D eigenvalue weighted by Crippen LogP contribution is -2.42. The maximum atomic E-state index is 11.7. The van der Waals surface area contributed by atoms with Crippen molar-refractivity contribution in [3.63, 3.8) is 0 Å². The second-order valence-electron chi connectivity index (χ2n) is 8.88. The number of nitrogens with one attached hydrogen (secondary N) is 1. The molecule has 2 fully saturated rings. The lowest BCUT2D eigenvalue weighted by molar-refractivity contribution is -0.109. The molecule has 30 heavy (non-hydrogen) atoms. The molecule has 160 valence electrons. The Hall–Kier alpha value is -2.11. The molecule has 1 aromatic carbocycles. The molecule has 1 saturated carbocycles. The molecule has 1 aliphatic carbocycles. The van der Waals surface area contributed by atoms with E-state index in [0.29, 0.717) is 17.0 Å². The van der Waals surface area contributed by atoms with Gasteiger partial charge < -0.3 is 19.7 Å². The third kappa shape index (κ3) is 4.62. The lowest BCUT2D eigenvalue weighted by Gasteiger charge is -2.38. The minimum absolute atomic E-state index is 0.316. The smallest absolute Gasteiger partial charge is 0.130 e. The van der Waals surface area contributed by atoms with Gasteiger partial charge >= 0.3 is 0 Å². The van der Waals surface area contributed by atoms with Crippen LogP contribution in [0.15, 0.2) is 36.5 Å². The normalized spacial score (nSPS) is 18.3. The van der Waals surface area contributed by atoms with Gasteiger partial charge in [-0.3, -0.25) is 0 Å². The van der Waals surface area contributed by atoms with Crippen LogP contribution in [0.25, 0.3) is 0 Å². The number of ether oxygens (including phenoxy) is 1. The van der Waals surface area contributed by atoms with Crippen molar-refractivity contribution in [1.29, 1.82) is 0 Å². The zero-order valence-electron chi connectivity index (χ0n) is 17.7. The van der Waals surface area contributed by atoms with E-state index in [1.807, 2.05) is 12.1 Å². The largest absolute Gasteiger partial charge is 0.381 e. The van der Waals surface area contributed by atoms with E-state index in [2.05, 4.69) is 47.2 Å². The van der Waals surface area contributed by atoms with Crippen LogP contribution in [0.4, 0.5) is 17.2 Å². The van der Waals surface area contributed by atoms with Gasteiger partial charge in [0, 0.05) is 32.0 Å². The minimum atomic E-state index is -0.316. The van der Waals surface area contributed by atoms with Crippen molar-refractivity contribution >= 4 is 35.1 Å². The molecule has 1 saturated heterocycles. The summed E-state index contributed by atoms with van der Waals surface area (Å²) >= 11 is 6.02. The number of benzene rings is 1. The third-order valence-corrected chi connectivity index (χ3v) is 6.30. The highest BCUT2D eigenvalue weighted by Gasteiger charge is 2.44. The number of halogens is 1. The molecule has 2 aliphatic rings. The molecule has 0 radical (unpaired) electrons. The monoisotopic (exact) mass is 427 g/mol. The van der Waals surface area contributed by atoms with Crippen molar-refractivity contribution in [1.82, 2.24) is 4.98 Å². The van der Waals surface area contributed by atoms with Crippen molar-refractivity contribution in [3.8, 4) is 0 Å². The quantitative estimate of drug-likeness (QED) is 0.575. The van der Waals surface area contributed by atoms with Crippen LogP contribution in [-0.4, -0.2) is 37.1 Å². The second kappa shape index (κ2) is 8.94. The van der Waals surface area contributed by atoms with Gasteiger partial charge in [-0.25, -0.2) is 4.98 Å². The number of pyridine rings is 1. The van der Waals surface area contributed by atoms with Gasteiger partial charge in [-0.1, -0.05) is 31.5 Å². The molecule has 0 unspecified atom stereocenters. The predicted octanol–water partition coefficient (Wildman–Crippen LogP) is 5.35. The molecule has 0 amide bonds. The van der Waals surface area contributed by atoms with E-state index < -0.39 is 0 Å². The Kier molecular flexibility index (Phi) is 6.30. The molecule has 4 rings (SSSR count). The average molecular weight is 428 g/mol. The van der Waals surface area contributed by atoms with Gasteiger partial charge in [-0.15, -0.1) is 0 Å². The van der Waals surface area contributed by atoms with E-state index in [1.54, 1.807) is 6.20 Å². The van der Waals surface area contributed by atoms with Crippen LogP contribution in [0.3, 0.4) is 0 Å². The highest BCUT2D eigenvalue weighted by molar-refractivity contribution is 6.30. The number of rotatable bonds is 8. The Labute approximate surface area is 183 Å². The molecule has 0 atom stereocenters. The lowest BCUT2D eigenvalue weighted by atomic mass is 9.95. The van der Waals surface area contributed by atoms with E-state index in [0.717, 1.165) is 74.5 Å². The number of carbonyl (C=O) groups excluding carboxylic acids is 1. The van der Waals surface area contributed by atoms with Gasteiger partial charge in [-0.2, -0.15) is 0 Å². The first-order chi connectivity index (χ1) is 14.5. The van der Waals surface area contributed by atoms with Crippen molar-refractivity contribution in [2.75, 3.05) is 30.0 Å². The molecule has 0 bridgehead atoms. The van der Waals surface area contributed by atoms with Crippen LogP contribution in [0.2, 0.25) is 5.02 Å². The van der Waals surface area contributed by atoms with Crippen molar-refractivity contribution in [2.24, 2.45) is 5.92 Å². The maximum absolute atomic E-state index is 11.7. The summed E-state index contributed by atoms with van der Waals surface area (Å²) in [6.45, 7) is 7.06. The first kappa shape index (κ1) is 21.1. The summed E-state index contributed by atoms with van der Waals surface area (Å²) < 4.78 is 5.61. The zero-order chi connectivity index (χ0) is 21.1. The summed E-state index contributed by atoms with van der Waals surface area (Å²) in [5.41, 5.74) is 2.90. The van der Waals surface area contributed by atoms with Crippen molar-refractivity contribution in [3.05, 3.63) is 47.1 Å². The zero-order valence-corrected chi connectivity index (χ0v) is 18.5. The SMILES string of the molecule is CC(C)CN(c1ccc(C2(C=O)CC2)cc1Nc1ccc(Cl)cn1)C1CCOCC1. The van der Waals surface area contributed by atoms with Gasteiger partial charge in [0.1, 0.15) is 12.1 Å². The fourth-order valence-electron chi connectivity index (χ4n) is 4.23. The maximum Gasteiger partial charge on any atom is 0.130 e. The average Bonchev–Trinajstić information content (AvgIpc) is 3.56. The summed E-state index contributed by atoms with van der Waals surface area (Å²) in [5.74, 6) is 1.27. The molecule has 5 nitrogen and oxygen atoms in total. The highest BCUT2D eigenvalue weighted by Crippen LogP contribution is 2.48. The van der Waals surface area contributed by atoms with Crippen molar-refractivity contribution in [2.45, 2.75) is 51.0 Å². The Morgan fingerprint density at radius 3 is 2.63 bits per heavy atom. The Bertz CT molecular complexity index is 875. The van der Waals surface area contributed by atoms with Gasteiger partial charge in [0.2, 0.25) is 0 Å². The van der Waals surface area contributed by atoms with E-state index in [4.69, 9.17) is 16.3 Å². The van der Waals surface area contributed by atoms with Crippen LogP contribution < -0.4 is 10.2 Å². The second-order valence-corrected chi connectivity index (χ2v) is 9.32. The highest BCUT2D eigenvalue weighted by atomic mass is 35.5. The molecular weight excluding hydrogens is 398 g/mol. The molecule has 1 aromatic heterocycles. The molecular formula is C24H30ClN3O2. The Morgan fingerprint density at radius 2 is 2.03 bits per heavy atom. The summed E-state index contributed by atoms with van der Waals surface area (Å²) in [6.07, 6.45) is 6.63. The molecule has 1 aliphatic heterocycles. The van der Waals surface area contributed by atoms with Crippen LogP contribution >= 0.6 is 11.6 Å².